The van der Waals surface area contributed by atoms with Gasteiger partial charge < -0.3 is 0 Å². The molecule has 8 aromatic carbocycles. The monoisotopic (exact) mass is 651 g/mol. The van der Waals surface area contributed by atoms with E-state index >= 15 is 0 Å². The Balaban J connectivity index is 0.955. The summed E-state index contributed by atoms with van der Waals surface area (Å²) in [5.74, 6) is 0.894. The summed E-state index contributed by atoms with van der Waals surface area (Å²) < 4.78 is 2.19. The maximum atomic E-state index is 5.13. The van der Waals surface area contributed by atoms with Crippen LogP contribution in [-0.2, 0) is 6.42 Å². The summed E-state index contributed by atoms with van der Waals surface area (Å²) in [4.78, 5) is 10.1. The van der Waals surface area contributed by atoms with Crippen LogP contribution < -0.4 is 0 Å². The normalized spacial score (nSPS) is 11.7. The minimum Gasteiger partial charge on any atom is -0.276 e. The molecule has 3 nitrogen and oxygen atoms in total. The summed E-state index contributed by atoms with van der Waals surface area (Å²) in [5.41, 5.74) is 13.7. The molecule has 10 aromatic rings. The third-order valence-corrected chi connectivity index (χ3v) is 10.3. The van der Waals surface area contributed by atoms with E-state index in [4.69, 9.17) is 9.97 Å². The van der Waals surface area contributed by atoms with Crippen molar-refractivity contribution < 1.29 is 0 Å². The van der Waals surface area contributed by atoms with E-state index < -0.39 is 0 Å². The van der Waals surface area contributed by atoms with Crippen molar-refractivity contribution in [3.8, 4) is 44.8 Å². The summed E-state index contributed by atoms with van der Waals surface area (Å²) >= 11 is 0. The Morgan fingerprint density at radius 2 is 0.863 bits per heavy atom. The van der Waals surface area contributed by atoms with Gasteiger partial charge in [-0.05, 0) is 115 Å². The lowest BCUT2D eigenvalue weighted by Crippen LogP contribution is -1.98. The van der Waals surface area contributed by atoms with Gasteiger partial charge in [-0.25, -0.2) is 9.97 Å². The summed E-state index contributed by atoms with van der Waals surface area (Å²) in [6.45, 7) is 2.20. The molecule has 0 unspecified atom stereocenters. The molecule has 2 heterocycles. The average molecular weight is 652 g/mol. The lowest BCUT2D eigenvalue weighted by atomic mass is 9.95. The van der Waals surface area contributed by atoms with Gasteiger partial charge in [-0.1, -0.05) is 128 Å². The summed E-state index contributed by atoms with van der Waals surface area (Å²) in [7, 11) is 0. The van der Waals surface area contributed by atoms with Crippen LogP contribution in [0, 0.1) is 0 Å². The molecule has 0 fully saturated rings. The Morgan fingerprint density at radius 3 is 1.43 bits per heavy atom. The van der Waals surface area contributed by atoms with Crippen LogP contribution in [-0.4, -0.2) is 14.4 Å². The topological polar surface area (TPSA) is 30.2 Å². The lowest BCUT2D eigenvalue weighted by molar-refractivity contribution is 1.14. The Hall–Kier alpha value is -6.58. The number of hydrogen-bond donors (Lipinski definition) is 0. The molecule has 51 heavy (non-hydrogen) atoms. The molecule has 0 N–H and O–H groups in total. The smallest absolute Gasteiger partial charge is 0.149 e. The number of imidazole rings is 1. The van der Waals surface area contributed by atoms with E-state index in [0.717, 1.165) is 45.4 Å². The fourth-order valence-electron chi connectivity index (χ4n) is 7.49. The maximum absolute atomic E-state index is 5.13. The second-order valence-electron chi connectivity index (χ2n) is 13.4. The molecule has 0 bridgehead atoms. The SMILES string of the molecule is CCc1ccc(-c2ccc3cc(-c4ccc5cc(-c6ccc(-c7nc8ccccc8c8nc9ccccc9n78)cc6)ccc5c4)ccc3c2)cc1. The number of fused-ring (bicyclic) bond motifs is 7. The zero-order valence-electron chi connectivity index (χ0n) is 28.2. The Labute approximate surface area is 296 Å². The molecule has 2 aromatic heterocycles. The fourth-order valence-corrected chi connectivity index (χ4v) is 7.49. The van der Waals surface area contributed by atoms with Crippen molar-refractivity contribution in [2.45, 2.75) is 13.3 Å². The van der Waals surface area contributed by atoms with Crippen molar-refractivity contribution in [3.05, 3.63) is 175 Å². The van der Waals surface area contributed by atoms with Gasteiger partial charge in [-0.2, -0.15) is 0 Å². The fraction of sp³-hybridized carbons (Fsp3) is 0.0417. The number of hydrogen-bond acceptors (Lipinski definition) is 2. The minimum absolute atomic E-state index is 0.894. The van der Waals surface area contributed by atoms with E-state index in [0.29, 0.717) is 0 Å². The highest BCUT2D eigenvalue weighted by Crippen LogP contribution is 2.34. The zero-order valence-corrected chi connectivity index (χ0v) is 28.2. The molecule has 0 atom stereocenters. The van der Waals surface area contributed by atoms with Crippen LogP contribution in [0.2, 0.25) is 0 Å². The third-order valence-electron chi connectivity index (χ3n) is 10.3. The highest BCUT2D eigenvalue weighted by atomic mass is 15.1. The van der Waals surface area contributed by atoms with Crippen LogP contribution in [0.4, 0.5) is 0 Å². The second-order valence-corrected chi connectivity index (χ2v) is 13.4. The molecule has 0 aliphatic heterocycles. The Bertz CT molecular complexity index is 2930. The zero-order chi connectivity index (χ0) is 33.9. The molecular formula is C48H33N3. The second kappa shape index (κ2) is 11.8. The van der Waals surface area contributed by atoms with E-state index in [-0.39, 0.29) is 0 Å². The van der Waals surface area contributed by atoms with E-state index in [2.05, 4.69) is 163 Å². The first-order chi connectivity index (χ1) is 25.2. The van der Waals surface area contributed by atoms with Crippen molar-refractivity contribution in [1.82, 2.24) is 14.4 Å². The van der Waals surface area contributed by atoms with Crippen molar-refractivity contribution in [3.63, 3.8) is 0 Å². The van der Waals surface area contributed by atoms with E-state index in [1.54, 1.807) is 0 Å². The lowest BCUT2D eigenvalue weighted by Gasteiger charge is -2.11. The summed E-state index contributed by atoms with van der Waals surface area (Å²) in [6, 6.07) is 61.3. The van der Waals surface area contributed by atoms with E-state index in [9.17, 15) is 0 Å². The highest BCUT2D eigenvalue weighted by molar-refractivity contribution is 5.99. The van der Waals surface area contributed by atoms with Crippen LogP contribution in [0.5, 0.6) is 0 Å². The average Bonchev–Trinajstić information content (AvgIpc) is 3.60. The highest BCUT2D eigenvalue weighted by Gasteiger charge is 2.15. The van der Waals surface area contributed by atoms with Crippen molar-refractivity contribution in [2.75, 3.05) is 0 Å². The van der Waals surface area contributed by atoms with Gasteiger partial charge in [0.05, 0.1) is 16.6 Å². The van der Waals surface area contributed by atoms with Crippen LogP contribution in [0.1, 0.15) is 12.5 Å². The number of nitrogens with zero attached hydrogens (tertiary/aromatic N) is 3. The molecule has 0 saturated heterocycles. The van der Waals surface area contributed by atoms with Gasteiger partial charge in [-0.3, -0.25) is 4.40 Å². The van der Waals surface area contributed by atoms with Crippen LogP contribution in [0.15, 0.2) is 170 Å². The van der Waals surface area contributed by atoms with Gasteiger partial charge in [0.1, 0.15) is 11.5 Å². The van der Waals surface area contributed by atoms with Crippen LogP contribution in [0.3, 0.4) is 0 Å². The molecule has 0 amide bonds. The van der Waals surface area contributed by atoms with E-state index in [1.165, 1.54) is 60.5 Å². The van der Waals surface area contributed by atoms with Gasteiger partial charge >= 0.3 is 0 Å². The van der Waals surface area contributed by atoms with Crippen molar-refractivity contribution >= 4 is 49.1 Å². The van der Waals surface area contributed by atoms with Gasteiger partial charge in [-0.15, -0.1) is 0 Å². The van der Waals surface area contributed by atoms with Crippen molar-refractivity contribution in [1.29, 1.82) is 0 Å². The van der Waals surface area contributed by atoms with Gasteiger partial charge in [0.25, 0.3) is 0 Å². The molecule has 0 saturated carbocycles. The number of aryl methyl sites for hydroxylation is 1. The van der Waals surface area contributed by atoms with Gasteiger partial charge in [0.15, 0.2) is 0 Å². The molecular weight excluding hydrogens is 619 g/mol. The number of aromatic nitrogens is 3. The first-order valence-corrected chi connectivity index (χ1v) is 17.6. The van der Waals surface area contributed by atoms with Gasteiger partial charge in [0, 0.05) is 10.9 Å². The van der Waals surface area contributed by atoms with Gasteiger partial charge in [0.2, 0.25) is 0 Å². The predicted molar refractivity (Wildman–Crippen MR) is 214 cm³/mol. The van der Waals surface area contributed by atoms with Crippen LogP contribution >= 0.6 is 0 Å². The Kier molecular flexibility index (Phi) is 6.78. The first-order valence-electron chi connectivity index (χ1n) is 17.6. The standard InChI is InChI=1S/C48H33N3/c1-2-31-11-13-32(14-12-31)35-19-21-39-29-41(25-23-37(39)27-35)42-26-24-38-28-36(20-22-40(38)30-42)33-15-17-34(18-16-33)47-49-44-8-4-3-7-43(44)48-50-45-9-5-6-10-46(45)51(47)48/h3-30H,2H2,1H3. The largest absolute Gasteiger partial charge is 0.276 e. The summed E-state index contributed by atoms with van der Waals surface area (Å²) in [5, 5.41) is 6.01. The predicted octanol–water partition coefficient (Wildman–Crippen LogP) is 12.6. The first kappa shape index (κ1) is 29.3. The number of para-hydroxylation sites is 3. The molecule has 240 valence electrons. The quantitative estimate of drug-likeness (QED) is 0.185. The molecule has 0 aliphatic rings. The molecule has 3 heteroatoms. The third kappa shape index (κ3) is 5.05. The van der Waals surface area contributed by atoms with Crippen molar-refractivity contribution in [2.24, 2.45) is 0 Å². The molecule has 0 aliphatic carbocycles. The minimum atomic E-state index is 0.894. The summed E-state index contributed by atoms with van der Waals surface area (Å²) in [6.07, 6.45) is 1.06. The van der Waals surface area contributed by atoms with Crippen LogP contribution in [0.25, 0.3) is 93.9 Å². The maximum Gasteiger partial charge on any atom is 0.149 e. The number of rotatable bonds is 5. The molecule has 0 spiro atoms. The van der Waals surface area contributed by atoms with E-state index in [1.807, 2.05) is 18.2 Å². The molecule has 0 radical (unpaired) electrons. The molecule has 10 rings (SSSR count). The Morgan fingerprint density at radius 1 is 0.412 bits per heavy atom. The number of benzene rings is 8.